The van der Waals surface area contributed by atoms with Crippen molar-refractivity contribution in [1.82, 2.24) is 10.2 Å². The van der Waals surface area contributed by atoms with Crippen molar-refractivity contribution in [3.8, 4) is 0 Å². The molecule has 3 heteroatoms. The highest BCUT2D eigenvalue weighted by atomic mass is 16.2. The van der Waals surface area contributed by atoms with Gasteiger partial charge < -0.3 is 10.2 Å². The van der Waals surface area contributed by atoms with Crippen molar-refractivity contribution in [2.24, 2.45) is 11.8 Å². The van der Waals surface area contributed by atoms with Gasteiger partial charge in [0.15, 0.2) is 0 Å². The topological polar surface area (TPSA) is 32.3 Å². The number of nitrogens with zero attached hydrogens (tertiary/aromatic N) is 1. The Labute approximate surface area is 105 Å². The van der Waals surface area contributed by atoms with Crippen LogP contribution in [0.4, 0.5) is 0 Å². The minimum Gasteiger partial charge on any atom is -0.341 e. The van der Waals surface area contributed by atoms with Crippen molar-refractivity contribution in [3.63, 3.8) is 0 Å². The predicted molar refractivity (Wildman–Crippen MR) is 69.8 cm³/mol. The molecule has 1 saturated heterocycles. The van der Waals surface area contributed by atoms with Gasteiger partial charge in [-0.15, -0.1) is 0 Å². The molecule has 0 aromatic heterocycles. The van der Waals surface area contributed by atoms with E-state index in [1.54, 1.807) is 0 Å². The summed E-state index contributed by atoms with van der Waals surface area (Å²) in [5.41, 5.74) is 0. The first-order valence-electron chi connectivity index (χ1n) is 7.24. The second kappa shape index (κ2) is 5.85. The molecule has 98 valence electrons. The lowest BCUT2D eigenvalue weighted by Crippen LogP contribution is -2.44. The summed E-state index contributed by atoms with van der Waals surface area (Å²) in [6.07, 6.45) is 6.06. The quantitative estimate of drug-likeness (QED) is 0.812. The summed E-state index contributed by atoms with van der Waals surface area (Å²) in [5.74, 6) is 1.30. The van der Waals surface area contributed by atoms with Gasteiger partial charge in [-0.1, -0.05) is 13.3 Å². The lowest BCUT2D eigenvalue weighted by atomic mass is 9.96. The maximum absolute atomic E-state index is 12.5. The molecule has 0 aromatic carbocycles. The third-order valence-corrected chi connectivity index (χ3v) is 4.48. The Balaban J connectivity index is 1.89. The highest BCUT2D eigenvalue weighted by Crippen LogP contribution is 2.32. The van der Waals surface area contributed by atoms with Gasteiger partial charge in [-0.05, 0) is 45.1 Å². The van der Waals surface area contributed by atoms with Gasteiger partial charge in [0.2, 0.25) is 5.91 Å². The van der Waals surface area contributed by atoms with Crippen molar-refractivity contribution in [2.75, 3.05) is 19.6 Å². The Morgan fingerprint density at radius 2 is 2.12 bits per heavy atom. The Morgan fingerprint density at radius 1 is 1.29 bits per heavy atom. The molecule has 2 aliphatic rings. The molecule has 0 bridgehead atoms. The van der Waals surface area contributed by atoms with Crippen molar-refractivity contribution in [2.45, 2.75) is 52.0 Å². The van der Waals surface area contributed by atoms with Crippen molar-refractivity contribution in [3.05, 3.63) is 0 Å². The van der Waals surface area contributed by atoms with Gasteiger partial charge in [0.05, 0.1) is 0 Å². The average molecular weight is 238 g/mol. The molecular weight excluding hydrogens is 212 g/mol. The number of carbonyl (C=O) groups excluding carboxylic acids is 1. The highest BCUT2D eigenvalue weighted by Gasteiger charge is 2.33. The second-order valence-electron chi connectivity index (χ2n) is 5.68. The van der Waals surface area contributed by atoms with Crippen LogP contribution >= 0.6 is 0 Å². The molecule has 17 heavy (non-hydrogen) atoms. The fourth-order valence-corrected chi connectivity index (χ4v) is 3.30. The van der Waals surface area contributed by atoms with Crippen LogP contribution in [0, 0.1) is 11.8 Å². The number of carbonyl (C=O) groups is 1. The number of nitrogens with one attached hydrogen (secondary N) is 1. The van der Waals surface area contributed by atoms with Gasteiger partial charge in [0.25, 0.3) is 0 Å². The predicted octanol–water partition coefficient (Wildman–Crippen LogP) is 2.02. The van der Waals surface area contributed by atoms with Crippen LogP contribution in [0.25, 0.3) is 0 Å². The minimum absolute atomic E-state index is 0.302. The van der Waals surface area contributed by atoms with Crippen molar-refractivity contribution in [1.29, 1.82) is 0 Å². The van der Waals surface area contributed by atoms with Crippen LogP contribution in [0.5, 0.6) is 0 Å². The van der Waals surface area contributed by atoms with E-state index in [-0.39, 0.29) is 0 Å². The zero-order chi connectivity index (χ0) is 12.3. The summed E-state index contributed by atoms with van der Waals surface area (Å²) in [7, 11) is 0. The van der Waals surface area contributed by atoms with Gasteiger partial charge >= 0.3 is 0 Å². The van der Waals surface area contributed by atoms with E-state index in [0.717, 1.165) is 26.1 Å². The Bertz CT molecular complexity index is 261. The van der Waals surface area contributed by atoms with E-state index in [1.807, 2.05) is 0 Å². The molecule has 1 saturated carbocycles. The first-order valence-corrected chi connectivity index (χ1v) is 7.24. The Morgan fingerprint density at radius 3 is 2.65 bits per heavy atom. The fraction of sp³-hybridized carbons (Fsp3) is 0.929. The molecule has 2 rings (SSSR count). The number of amides is 1. The maximum Gasteiger partial charge on any atom is 0.225 e. The smallest absolute Gasteiger partial charge is 0.225 e. The lowest BCUT2D eigenvalue weighted by molar-refractivity contribution is -0.136. The van der Waals surface area contributed by atoms with Gasteiger partial charge in [-0.3, -0.25) is 4.79 Å². The van der Waals surface area contributed by atoms with Crippen molar-refractivity contribution >= 4 is 5.91 Å². The highest BCUT2D eigenvalue weighted by molar-refractivity contribution is 5.79. The standard InChI is InChI=1S/C14H26N2O/c1-3-16(10-12-7-5-9-15-12)14(17)13-8-4-6-11(13)2/h11-13,15H,3-10H2,1-2H3. The van der Waals surface area contributed by atoms with Gasteiger partial charge in [-0.25, -0.2) is 0 Å². The van der Waals surface area contributed by atoms with E-state index in [2.05, 4.69) is 24.1 Å². The molecule has 1 aliphatic carbocycles. The van der Waals surface area contributed by atoms with E-state index < -0.39 is 0 Å². The first-order chi connectivity index (χ1) is 8.22. The zero-order valence-electron chi connectivity index (χ0n) is 11.2. The summed E-state index contributed by atoms with van der Waals surface area (Å²) in [6, 6.07) is 0.538. The molecule has 1 heterocycles. The van der Waals surface area contributed by atoms with Gasteiger partial charge in [0.1, 0.15) is 0 Å². The molecule has 2 fully saturated rings. The molecular formula is C14H26N2O. The molecule has 3 atom stereocenters. The molecule has 0 spiro atoms. The summed E-state index contributed by atoms with van der Waals surface area (Å²) >= 11 is 0. The largest absolute Gasteiger partial charge is 0.341 e. The number of hydrogen-bond acceptors (Lipinski definition) is 2. The molecule has 0 radical (unpaired) electrons. The summed E-state index contributed by atoms with van der Waals surface area (Å²) < 4.78 is 0. The summed E-state index contributed by atoms with van der Waals surface area (Å²) in [4.78, 5) is 14.6. The third-order valence-electron chi connectivity index (χ3n) is 4.48. The molecule has 1 aliphatic heterocycles. The van der Waals surface area contributed by atoms with E-state index >= 15 is 0 Å². The summed E-state index contributed by atoms with van der Waals surface area (Å²) in [5, 5.41) is 3.48. The molecule has 0 aromatic rings. The first kappa shape index (κ1) is 12.9. The number of rotatable bonds is 4. The van der Waals surface area contributed by atoms with Crippen LogP contribution in [0.2, 0.25) is 0 Å². The van der Waals surface area contributed by atoms with E-state index in [9.17, 15) is 4.79 Å². The van der Waals surface area contributed by atoms with Crippen LogP contribution in [0.15, 0.2) is 0 Å². The lowest BCUT2D eigenvalue weighted by Gasteiger charge is -2.28. The maximum atomic E-state index is 12.5. The van der Waals surface area contributed by atoms with Crippen LogP contribution in [0.1, 0.15) is 46.0 Å². The summed E-state index contributed by atoms with van der Waals surface area (Å²) in [6.45, 7) is 7.23. The molecule has 1 N–H and O–H groups in total. The van der Waals surface area contributed by atoms with Gasteiger partial charge in [-0.2, -0.15) is 0 Å². The van der Waals surface area contributed by atoms with Crippen LogP contribution in [-0.2, 0) is 4.79 Å². The van der Waals surface area contributed by atoms with E-state index in [4.69, 9.17) is 0 Å². The van der Waals surface area contributed by atoms with Crippen LogP contribution < -0.4 is 5.32 Å². The van der Waals surface area contributed by atoms with Gasteiger partial charge in [0, 0.05) is 25.0 Å². The van der Waals surface area contributed by atoms with E-state index in [1.165, 1.54) is 25.7 Å². The minimum atomic E-state index is 0.302. The Kier molecular flexibility index (Phi) is 4.43. The van der Waals surface area contributed by atoms with Crippen LogP contribution in [0.3, 0.4) is 0 Å². The number of hydrogen-bond donors (Lipinski definition) is 1. The Hall–Kier alpha value is -0.570. The van der Waals surface area contributed by atoms with Crippen molar-refractivity contribution < 1.29 is 4.79 Å². The molecule has 1 amide bonds. The number of likely N-dealkylation sites (N-methyl/N-ethyl adjacent to an activating group) is 1. The monoisotopic (exact) mass is 238 g/mol. The normalized spacial score (nSPS) is 32.9. The zero-order valence-corrected chi connectivity index (χ0v) is 11.2. The second-order valence-corrected chi connectivity index (χ2v) is 5.68. The third kappa shape index (κ3) is 3.01. The van der Waals surface area contributed by atoms with E-state index in [0.29, 0.717) is 23.8 Å². The molecule has 3 nitrogen and oxygen atoms in total. The average Bonchev–Trinajstić information content (AvgIpc) is 2.96. The molecule has 3 unspecified atom stereocenters. The SMILES string of the molecule is CCN(CC1CCCN1)C(=O)C1CCCC1C. The fourth-order valence-electron chi connectivity index (χ4n) is 3.30. The van der Waals surface area contributed by atoms with Crippen LogP contribution in [-0.4, -0.2) is 36.5 Å².